The Morgan fingerprint density at radius 1 is 1.50 bits per heavy atom. The van der Waals surface area contributed by atoms with Gasteiger partial charge in [0.05, 0.1) is 17.4 Å². The SMILES string of the molecule is N#Cc1cc2c(nc1-n1cc(N)c(C(=O)O)n1)CCC2. The molecule has 0 atom stereocenters. The number of pyridine rings is 1. The zero-order chi connectivity index (χ0) is 14.3. The molecule has 2 aromatic rings. The molecule has 0 spiro atoms. The molecule has 2 aromatic heterocycles. The summed E-state index contributed by atoms with van der Waals surface area (Å²) >= 11 is 0. The van der Waals surface area contributed by atoms with Crippen LogP contribution in [-0.2, 0) is 12.8 Å². The van der Waals surface area contributed by atoms with E-state index in [1.54, 1.807) is 6.07 Å². The van der Waals surface area contributed by atoms with E-state index in [0.29, 0.717) is 11.4 Å². The van der Waals surface area contributed by atoms with Crippen LogP contribution in [0.25, 0.3) is 5.82 Å². The number of carboxylic acids is 1. The second kappa shape index (κ2) is 4.35. The number of anilines is 1. The van der Waals surface area contributed by atoms with Crippen LogP contribution in [0.5, 0.6) is 0 Å². The van der Waals surface area contributed by atoms with Crippen molar-refractivity contribution in [1.82, 2.24) is 14.8 Å². The molecule has 0 saturated heterocycles. The van der Waals surface area contributed by atoms with Gasteiger partial charge in [0, 0.05) is 5.69 Å². The van der Waals surface area contributed by atoms with E-state index in [9.17, 15) is 10.1 Å². The van der Waals surface area contributed by atoms with Crippen LogP contribution in [0.15, 0.2) is 12.3 Å². The van der Waals surface area contributed by atoms with Gasteiger partial charge in [-0.2, -0.15) is 10.4 Å². The van der Waals surface area contributed by atoms with Crippen LogP contribution in [0.4, 0.5) is 5.69 Å². The van der Waals surface area contributed by atoms with Gasteiger partial charge in [0.15, 0.2) is 11.5 Å². The summed E-state index contributed by atoms with van der Waals surface area (Å²) < 4.78 is 1.26. The number of rotatable bonds is 2. The standard InChI is InChI=1S/C13H11N5O2/c14-5-8-4-7-2-1-3-10(7)16-12(8)18-6-9(15)11(17-18)13(19)20/h4,6H,1-3,15H2,(H,19,20). The molecule has 3 rings (SSSR count). The fraction of sp³-hybridized carbons (Fsp3) is 0.231. The van der Waals surface area contributed by atoms with E-state index in [1.165, 1.54) is 10.9 Å². The fourth-order valence-corrected chi connectivity index (χ4v) is 2.38. The molecule has 0 aromatic carbocycles. The number of nitrogens with two attached hydrogens (primary N) is 1. The fourth-order valence-electron chi connectivity index (χ4n) is 2.38. The van der Waals surface area contributed by atoms with Gasteiger partial charge in [-0.25, -0.2) is 14.5 Å². The third-order valence-electron chi connectivity index (χ3n) is 3.31. The highest BCUT2D eigenvalue weighted by molar-refractivity contribution is 5.91. The molecule has 0 amide bonds. The zero-order valence-electron chi connectivity index (χ0n) is 10.5. The van der Waals surface area contributed by atoms with Crippen LogP contribution < -0.4 is 5.73 Å². The van der Waals surface area contributed by atoms with E-state index < -0.39 is 5.97 Å². The molecule has 7 heteroatoms. The van der Waals surface area contributed by atoms with Gasteiger partial charge >= 0.3 is 5.97 Å². The predicted molar refractivity (Wildman–Crippen MR) is 69.5 cm³/mol. The number of aromatic nitrogens is 3. The Morgan fingerprint density at radius 2 is 2.30 bits per heavy atom. The maximum Gasteiger partial charge on any atom is 0.358 e. The lowest BCUT2D eigenvalue weighted by Crippen LogP contribution is -2.07. The summed E-state index contributed by atoms with van der Waals surface area (Å²) in [5.74, 6) is -0.881. The van der Waals surface area contributed by atoms with Gasteiger partial charge in [0.1, 0.15) is 6.07 Å². The molecule has 2 heterocycles. The highest BCUT2D eigenvalue weighted by Crippen LogP contribution is 2.25. The van der Waals surface area contributed by atoms with E-state index in [-0.39, 0.29) is 11.4 Å². The summed E-state index contributed by atoms with van der Waals surface area (Å²) in [6, 6.07) is 3.86. The molecule has 20 heavy (non-hydrogen) atoms. The smallest absolute Gasteiger partial charge is 0.358 e. The van der Waals surface area contributed by atoms with E-state index in [4.69, 9.17) is 10.8 Å². The number of nitrogens with zero attached hydrogens (tertiary/aromatic N) is 4. The van der Waals surface area contributed by atoms with Gasteiger partial charge in [-0.15, -0.1) is 0 Å². The molecule has 0 fully saturated rings. The Kier molecular flexibility index (Phi) is 2.64. The summed E-state index contributed by atoms with van der Waals surface area (Å²) in [5, 5.41) is 22.1. The van der Waals surface area contributed by atoms with E-state index in [2.05, 4.69) is 16.2 Å². The van der Waals surface area contributed by atoms with Crippen molar-refractivity contribution >= 4 is 11.7 Å². The first-order chi connectivity index (χ1) is 9.60. The van der Waals surface area contributed by atoms with Crippen molar-refractivity contribution < 1.29 is 9.90 Å². The summed E-state index contributed by atoms with van der Waals surface area (Å²) in [6.45, 7) is 0. The molecule has 1 aliphatic rings. The van der Waals surface area contributed by atoms with Crippen LogP contribution in [-0.4, -0.2) is 25.8 Å². The number of nitrogen functional groups attached to an aromatic ring is 1. The molecule has 0 aliphatic heterocycles. The van der Waals surface area contributed by atoms with Crippen molar-refractivity contribution in [2.45, 2.75) is 19.3 Å². The minimum atomic E-state index is -1.21. The lowest BCUT2D eigenvalue weighted by atomic mass is 10.1. The Bertz CT molecular complexity index is 757. The Labute approximate surface area is 114 Å². The molecule has 1 aliphatic carbocycles. The van der Waals surface area contributed by atoms with Gasteiger partial charge in [0.25, 0.3) is 0 Å². The first-order valence-electron chi connectivity index (χ1n) is 6.12. The number of nitriles is 1. The van der Waals surface area contributed by atoms with Gasteiger partial charge in [0.2, 0.25) is 0 Å². The zero-order valence-corrected chi connectivity index (χ0v) is 10.5. The quantitative estimate of drug-likeness (QED) is 0.836. The summed E-state index contributed by atoms with van der Waals surface area (Å²) in [4.78, 5) is 15.4. The highest BCUT2D eigenvalue weighted by atomic mass is 16.4. The number of carboxylic acid groups (broad SMARTS) is 1. The number of hydrogen-bond donors (Lipinski definition) is 2. The molecule has 3 N–H and O–H groups in total. The van der Waals surface area contributed by atoms with Crippen LogP contribution >= 0.6 is 0 Å². The minimum Gasteiger partial charge on any atom is -0.476 e. The predicted octanol–water partition coefficient (Wildman–Crippen LogP) is 0.908. The molecule has 0 unspecified atom stereocenters. The van der Waals surface area contributed by atoms with E-state index >= 15 is 0 Å². The van der Waals surface area contributed by atoms with Crippen LogP contribution in [0.3, 0.4) is 0 Å². The number of carbonyl (C=O) groups is 1. The third-order valence-corrected chi connectivity index (χ3v) is 3.31. The van der Waals surface area contributed by atoms with Crippen molar-refractivity contribution in [3.05, 3.63) is 34.8 Å². The maximum atomic E-state index is 11.0. The number of aryl methyl sites for hydroxylation is 2. The molecule has 100 valence electrons. The monoisotopic (exact) mass is 269 g/mol. The van der Waals surface area contributed by atoms with Crippen LogP contribution in [0.1, 0.15) is 33.7 Å². The lowest BCUT2D eigenvalue weighted by molar-refractivity contribution is 0.0691. The van der Waals surface area contributed by atoms with E-state index in [1.807, 2.05) is 0 Å². The molecule has 0 saturated carbocycles. The largest absolute Gasteiger partial charge is 0.476 e. The second-order valence-corrected chi connectivity index (χ2v) is 4.61. The summed E-state index contributed by atoms with van der Waals surface area (Å²) in [5.41, 5.74) is 7.79. The second-order valence-electron chi connectivity index (χ2n) is 4.61. The van der Waals surface area contributed by atoms with Crippen molar-refractivity contribution in [3.63, 3.8) is 0 Å². The van der Waals surface area contributed by atoms with Gasteiger partial charge < -0.3 is 10.8 Å². The Hall–Kier alpha value is -2.88. The number of fused-ring (bicyclic) bond motifs is 1. The van der Waals surface area contributed by atoms with Gasteiger partial charge in [-0.1, -0.05) is 0 Å². The molecular formula is C13H11N5O2. The summed E-state index contributed by atoms with van der Waals surface area (Å²) in [7, 11) is 0. The third kappa shape index (κ3) is 1.78. The molecule has 7 nitrogen and oxygen atoms in total. The van der Waals surface area contributed by atoms with Crippen LogP contribution in [0.2, 0.25) is 0 Å². The van der Waals surface area contributed by atoms with Crippen molar-refractivity contribution in [2.75, 3.05) is 5.73 Å². The van der Waals surface area contributed by atoms with Crippen molar-refractivity contribution in [3.8, 4) is 11.9 Å². The Morgan fingerprint density at radius 3 is 2.95 bits per heavy atom. The lowest BCUT2D eigenvalue weighted by Gasteiger charge is -2.06. The van der Waals surface area contributed by atoms with Crippen LogP contribution in [0, 0.1) is 11.3 Å². The van der Waals surface area contributed by atoms with Crippen molar-refractivity contribution in [2.24, 2.45) is 0 Å². The molecule has 0 radical (unpaired) electrons. The Balaban J connectivity index is 2.17. The number of hydrogen-bond acceptors (Lipinski definition) is 5. The summed E-state index contributed by atoms with van der Waals surface area (Å²) in [6.07, 6.45) is 4.15. The molecule has 0 bridgehead atoms. The maximum absolute atomic E-state index is 11.0. The average molecular weight is 269 g/mol. The van der Waals surface area contributed by atoms with Gasteiger partial charge in [-0.3, -0.25) is 0 Å². The van der Waals surface area contributed by atoms with Gasteiger partial charge in [-0.05, 0) is 30.9 Å². The minimum absolute atomic E-state index is 0.0451. The number of aromatic carboxylic acids is 1. The van der Waals surface area contributed by atoms with E-state index in [0.717, 1.165) is 30.5 Å². The first kappa shape index (κ1) is 12.2. The normalized spacial score (nSPS) is 12.9. The van der Waals surface area contributed by atoms with Crippen molar-refractivity contribution in [1.29, 1.82) is 5.26 Å². The first-order valence-corrected chi connectivity index (χ1v) is 6.12. The molecular weight excluding hydrogens is 258 g/mol. The topological polar surface area (TPSA) is 118 Å². The average Bonchev–Trinajstić information content (AvgIpc) is 3.02. The highest BCUT2D eigenvalue weighted by Gasteiger charge is 2.20.